The van der Waals surface area contributed by atoms with Crippen LogP contribution in [0.15, 0.2) is 107 Å². The number of hydrogen-bond acceptors (Lipinski definition) is 5. The molecule has 0 bridgehead atoms. The fourth-order valence-electron chi connectivity index (χ4n) is 2.46. The lowest BCUT2D eigenvalue weighted by Gasteiger charge is -2.13. The monoisotopic (exact) mass is 472 g/mol. The quantitative estimate of drug-likeness (QED) is 0.124. The summed E-state index contributed by atoms with van der Waals surface area (Å²) in [6.45, 7) is 10.8. The Morgan fingerprint density at radius 1 is 1.30 bits per heavy atom. The number of nitroso groups, excluding NO2 is 1. The summed E-state index contributed by atoms with van der Waals surface area (Å²) >= 11 is 1.55. The fraction of sp³-hybridized carbons (Fsp3) is 0.231. The predicted octanol–water partition coefficient (Wildman–Crippen LogP) is 7.54. The molecule has 0 saturated heterocycles. The van der Waals surface area contributed by atoms with Crippen LogP contribution in [-0.2, 0) is 11.3 Å². The van der Waals surface area contributed by atoms with Crippen LogP contribution in [0.1, 0.15) is 24.5 Å². The number of nitrogens with zero attached hydrogens (tertiary/aromatic N) is 1. The van der Waals surface area contributed by atoms with Crippen LogP contribution in [0.5, 0.6) is 0 Å². The first kappa shape index (κ1) is 27.8. The minimum atomic E-state index is -0.325. The van der Waals surface area contributed by atoms with E-state index in [0.717, 1.165) is 11.3 Å². The van der Waals surface area contributed by atoms with E-state index >= 15 is 0 Å². The fourth-order valence-corrected chi connectivity index (χ4v) is 3.03. The van der Waals surface area contributed by atoms with Gasteiger partial charge in [0.25, 0.3) is 0 Å². The molecule has 176 valence electrons. The van der Waals surface area contributed by atoms with Gasteiger partial charge >= 0.3 is 0 Å². The molecule has 0 aromatic heterocycles. The molecular weight excluding hydrogens is 442 g/mol. The van der Waals surface area contributed by atoms with Gasteiger partial charge in [0.1, 0.15) is 23.9 Å². The first-order chi connectivity index (χ1) is 15.9. The molecule has 0 aliphatic heterocycles. The number of benzene rings is 1. The van der Waals surface area contributed by atoms with Crippen molar-refractivity contribution in [3.05, 3.63) is 124 Å². The molecule has 0 heterocycles. The minimum Gasteiger partial charge on any atom is -0.475 e. The second kappa shape index (κ2) is 16.4. The van der Waals surface area contributed by atoms with Gasteiger partial charge in [-0.3, -0.25) is 0 Å². The van der Waals surface area contributed by atoms with Crippen LogP contribution in [0, 0.1) is 17.6 Å². The highest BCUT2D eigenvalue weighted by molar-refractivity contribution is 8.02. The number of ether oxygens (including phenoxy) is 1. The molecule has 1 aromatic carbocycles. The molecule has 33 heavy (non-hydrogen) atoms. The average molecular weight is 473 g/mol. The Kier molecular flexibility index (Phi) is 13.9. The third-order valence-electron chi connectivity index (χ3n) is 4.27. The van der Waals surface area contributed by atoms with Gasteiger partial charge in [-0.2, -0.15) is 0 Å². The lowest BCUT2D eigenvalue weighted by atomic mass is 10.1. The maximum atomic E-state index is 14.6. The van der Waals surface area contributed by atoms with Crippen LogP contribution in [0.25, 0.3) is 0 Å². The van der Waals surface area contributed by atoms with Crippen molar-refractivity contribution in [3.63, 3.8) is 0 Å². The molecule has 0 radical (unpaired) electrons. The van der Waals surface area contributed by atoms with E-state index < -0.39 is 0 Å². The Hall–Kier alpha value is -3.19. The number of allylic oxidation sites excluding steroid dienone is 7. The summed E-state index contributed by atoms with van der Waals surface area (Å²) < 4.78 is 33.6. The normalized spacial score (nSPS) is 12.9. The van der Waals surface area contributed by atoms with Gasteiger partial charge in [-0.05, 0) is 71.8 Å². The summed E-state index contributed by atoms with van der Waals surface area (Å²) in [5, 5.41) is 7.52. The average Bonchev–Trinajstić information content (AvgIpc) is 2.82. The predicted molar refractivity (Wildman–Crippen MR) is 135 cm³/mol. The summed E-state index contributed by atoms with van der Waals surface area (Å²) in [5.74, 6) is 0.585. The highest BCUT2D eigenvalue weighted by atomic mass is 32.2. The molecule has 4 nitrogen and oxygen atoms in total. The van der Waals surface area contributed by atoms with Gasteiger partial charge in [0.15, 0.2) is 5.88 Å². The summed E-state index contributed by atoms with van der Waals surface area (Å²) in [6.07, 6.45) is 12.4. The van der Waals surface area contributed by atoms with Crippen LogP contribution < -0.4 is 5.32 Å². The smallest absolute Gasteiger partial charge is 0.182 e. The Balaban J connectivity index is 2.45. The maximum absolute atomic E-state index is 14.6. The number of nitrogens with one attached hydrogen (secondary N) is 1. The van der Waals surface area contributed by atoms with Crippen LogP contribution in [0.2, 0.25) is 0 Å². The number of aryl methyl sites for hydroxylation is 1. The van der Waals surface area contributed by atoms with Gasteiger partial charge in [0, 0.05) is 5.75 Å². The van der Waals surface area contributed by atoms with Crippen molar-refractivity contribution in [2.24, 2.45) is 5.18 Å². The van der Waals surface area contributed by atoms with Gasteiger partial charge in [0.2, 0.25) is 0 Å². The van der Waals surface area contributed by atoms with Crippen LogP contribution in [-0.4, -0.2) is 12.3 Å². The van der Waals surface area contributed by atoms with Gasteiger partial charge in [-0.25, -0.2) is 8.78 Å². The summed E-state index contributed by atoms with van der Waals surface area (Å²) in [6, 6.07) is 4.78. The number of thioether (sulfide) groups is 1. The van der Waals surface area contributed by atoms with E-state index in [0.29, 0.717) is 23.4 Å². The Morgan fingerprint density at radius 3 is 2.76 bits per heavy atom. The van der Waals surface area contributed by atoms with Crippen molar-refractivity contribution in [1.29, 1.82) is 0 Å². The van der Waals surface area contributed by atoms with Crippen molar-refractivity contribution < 1.29 is 13.5 Å². The summed E-state index contributed by atoms with van der Waals surface area (Å²) in [7, 11) is 0. The zero-order valence-corrected chi connectivity index (χ0v) is 19.8. The second-order valence-electron chi connectivity index (χ2n) is 6.79. The maximum Gasteiger partial charge on any atom is 0.182 e. The molecule has 1 aromatic rings. The van der Waals surface area contributed by atoms with Gasteiger partial charge in [-0.1, -0.05) is 49.6 Å². The zero-order chi connectivity index (χ0) is 24.5. The Labute approximate surface area is 199 Å². The molecular formula is C26H30F2N2O2S. The van der Waals surface area contributed by atoms with Crippen molar-refractivity contribution >= 4 is 11.8 Å². The first-order valence-corrected chi connectivity index (χ1v) is 11.4. The molecule has 0 fully saturated rings. The highest BCUT2D eigenvalue weighted by Gasteiger charge is 2.05. The first-order valence-electron chi connectivity index (χ1n) is 10.3. The second-order valence-corrected chi connectivity index (χ2v) is 7.73. The van der Waals surface area contributed by atoms with E-state index in [9.17, 15) is 13.7 Å². The van der Waals surface area contributed by atoms with Gasteiger partial charge < -0.3 is 10.1 Å². The number of hydrogen-bond donors (Lipinski definition) is 1. The van der Waals surface area contributed by atoms with E-state index in [4.69, 9.17) is 4.74 Å². The van der Waals surface area contributed by atoms with E-state index in [1.54, 1.807) is 56.0 Å². The van der Waals surface area contributed by atoms with Crippen LogP contribution in [0.4, 0.5) is 8.78 Å². The van der Waals surface area contributed by atoms with Crippen LogP contribution >= 0.6 is 11.8 Å². The van der Waals surface area contributed by atoms with E-state index in [1.807, 2.05) is 17.6 Å². The highest BCUT2D eigenvalue weighted by Crippen LogP contribution is 2.15. The molecule has 1 N–H and O–H groups in total. The van der Waals surface area contributed by atoms with Crippen molar-refractivity contribution in [1.82, 2.24) is 5.32 Å². The molecule has 0 aliphatic rings. The number of halogens is 2. The topological polar surface area (TPSA) is 50.7 Å². The van der Waals surface area contributed by atoms with Gasteiger partial charge in [0.05, 0.1) is 6.54 Å². The molecule has 0 spiro atoms. The third kappa shape index (κ3) is 11.8. The standard InChI is InChI=1S/C26H30F2N2O2S/c1-5-23(12-10-16-33-15-9-7-8-11-21(4)30-31)25(28)18-29-26(6-2)32-19-22-13-14-24(27)20(3)17-22/h5-11,13-14,16-17,29H,1,4,12,15,18-19H2,2-3H3/b9-7-,11-8-,16-10+,25-23-,26-6-. The summed E-state index contributed by atoms with van der Waals surface area (Å²) in [5.41, 5.74) is 2.04. The zero-order valence-electron chi connectivity index (χ0n) is 19.0. The molecule has 0 saturated carbocycles. The number of rotatable bonds is 15. The van der Waals surface area contributed by atoms with E-state index in [2.05, 4.69) is 23.7 Å². The molecule has 7 heteroatoms. The van der Waals surface area contributed by atoms with Crippen molar-refractivity contribution in [2.75, 3.05) is 12.3 Å². The van der Waals surface area contributed by atoms with Gasteiger partial charge in [-0.15, -0.1) is 16.7 Å². The van der Waals surface area contributed by atoms with Crippen LogP contribution in [0.3, 0.4) is 0 Å². The molecule has 0 unspecified atom stereocenters. The van der Waals surface area contributed by atoms with E-state index in [-0.39, 0.29) is 30.5 Å². The van der Waals surface area contributed by atoms with E-state index in [1.165, 1.54) is 18.2 Å². The minimum absolute atomic E-state index is 0.0273. The van der Waals surface area contributed by atoms with Crippen molar-refractivity contribution in [2.45, 2.75) is 26.9 Å². The SMILES string of the molecule is C=C/C(C/C=C/SC/C=C\C=C/C(=C)N=O)=C(/F)CN/C(=C/C)OCc1ccc(F)c(C)c1. The summed E-state index contributed by atoms with van der Waals surface area (Å²) in [4.78, 5) is 10.2. The molecule has 1 rings (SSSR count). The largest absolute Gasteiger partial charge is 0.475 e. The molecule has 0 atom stereocenters. The molecule has 0 aliphatic carbocycles. The Bertz CT molecular complexity index is 963. The third-order valence-corrected chi connectivity index (χ3v) is 5.04. The van der Waals surface area contributed by atoms with Crippen molar-refractivity contribution in [3.8, 4) is 0 Å². The molecule has 0 amide bonds. The lowest BCUT2D eigenvalue weighted by Crippen LogP contribution is -2.18. The Morgan fingerprint density at radius 2 is 2.09 bits per heavy atom. The lowest BCUT2D eigenvalue weighted by molar-refractivity contribution is 0.177.